The molecule has 0 radical (unpaired) electrons. The number of ether oxygens (including phenoxy) is 1. The Bertz CT molecular complexity index is 860. The van der Waals surface area contributed by atoms with E-state index in [9.17, 15) is 4.79 Å². The molecule has 1 amide bonds. The van der Waals surface area contributed by atoms with Crippen LogP contribution >= 0.6 is 0 Å². The third kappa shape index (κ3) is 2.74. The molecule has 3 aromatic rings. The second-order valence-corrected chi connectivity index (χ2v) is 5.66. The number of aromatic nitrogens is 1. The van der Waals surface area contributed by atoms with Crippen LogP contribution in [0.25, 0.3) is 0 Å². The fourth-order valence-electron chi connectivity index (χ4n) is 2.83. The summed E-state index contributed by atoms with van der Waals surface area (Å²) in [6, 6.07) is 21.4. The highest BCUT2D eigenvalue weighted by Gasteiger charge is 2.29. The fraction of sp³-hybridized carbons (Fsp3) is 0.100. The number of carbonyl (C=O) groups is 1. The maximum Gasteiger partial charge on any atom is 0.237 e. The smallest absolute Gasteiger partial charge is 0.237 e. The molecule has 1 aliphatic rings. The third-order valence-corrected chi connectivity index (χ3v) is 4.01. The van der Waals surface area contributed by atoms with Gasteiger partial charge in [0.2, 0.25) is 5.91 Å². The average Bonchev–Trinajstić information content (AvgIpc) is 2.97. The lowest BCUT2D eigenvalue weighted by atomic mass is 10.2. The van der Waals surface area contributed by atoms with E-state index in [1.165, 1.54) is 0 Å². The summed E-state index contributed by atoms with van der Waals surface area (Å²) >= 11 is 0. The van der Waals surface area contributed by atoms with E-state index in [1.807, 2.05) is 66.7 Å². The molecule has 2 heterocycles. The van der Waals surface area contributed by atoms with Gasteiger partial charge >= 0.3 is 0 Å². The molecule has 24 heavy (non-hydrogen) atoms. The van der Waals surface area contributed by atoms with Crippen LogP contribution in [0.1, 0.15) is 11.1 Å². The van der Waals surface area contributed by atoms with E-state index >= 15 is 0 Å². The molecular formula is C20H16N2O2. The van der Waals surface area contributed by atoms with E-state index in [0.29, 0.717) is 13.0 Å². The van der Waals surface area contributed by atoms with Gasteiger partial charge in [0, 0.05) is 11.8 Å². The van der Waals surface area contributed by atoms with Gasteiger partial charge in [-0.1, -0.05) is 36.4 Å². The van der Waals surface area contributed by atoms with E-state index < -0.39 is 0 Å². The number of benzene rings is 2. The molecule has 4 nitrogen and oxygen atoms in total. The molecule has 1 aliphatic heterocycles. The Labute approximate surface area is 140 Å². The van der Waals surface area contributed by atoms with Gasteiger partial charge in [-0.25, -0.2) is 4.98 Å². The van der Waals surface area contributed by atoms with Gasteiger partial charge in [-0.2, -0.15) is 0 Å². The summed E-state index contributed by atoms with van der Waals surface area (Å²) in [4.78, 5) is 18.3. The van der Waals surface area contributed by atoms with Crippen LogP contribution in [0.3, 0.4) is 0 Å². The van der Waals surface area contributed by atoms with Crippen LogP contribution in [0.5, 0.6) is 5.75 Å². The standard InChI is InChI=1S/C20H16N2O2/c23-19-13-16-7-4-12-21-20(16)22(19)17-8-10-18(11-9-17)24-14-15-5-2-1-3-6-15/h1-12H,13-14H2. The van der Waals surface area contributed by atoms with Gasteiger partial charge in [0.1, 0.15) is 18.2 Å². The van der Waals surface area contributed by atoms with Crippen molar-refractivity contribution in [1.82, 2.24) is 4.98 Å². The summed E-state index contributed by atoms with van der Waals surface area (Å²) in [7, 11) is 0. The average molecular weight is 316 g/mol. The lowest BCUT2D eigenvalue weighted by Crippen LogP contribution is -2.21. The van der Waals surface area contributed by atoms with Crippen molar-refractivity contribution >= 4 is 17.4 Å². The topological polar surface area (TPSA) is 42.4 Å². The van der Waals surface area contributed by atoms with Crippen LogP contribution in [0, 0.1) is 0 Å². The SMILES string of the molecule is O=C1Cc2cccnc2N1c1ccc(OCc2ccccc2)cc1. The zero-order valence-corrected chi connectivity index (χ0v) is 13.1. The van der Waals surface area contributed by atoms with Gasteiger partial charge in [-0.05, 0) is 35.9 Å². The molecule has 0 saturated heterocycles. The molecular weight excluding hydrogens is 300 g/mol. The van der Waals surface area contributed by atoms with E-state index in [-0.39, 0.29) is 5.91 Å². The molecule has 0 unspecified atom stereocenters. The Balaban J connectivity index is 1.51. The Morgan fingerprint density at radius 1 is 0.958 bits per heavy atom. The predicted molar refractivity (Wildman–Crippen MR) is 92.3 cm³/mol. The summed E-state index contributed by atoms with van der Waals surface area (Å²) in [6.45, 7) is 0.521. The molecule has 4 rings (SSSR count). The molecule has 1 aromatic heterocycles. The normalized spacial score (nSPS) is 13.0. The number of nitrogens with zero attached hydrogens (tertiary/aromatic N) is 2. The lowest BCUT2D eigenvalue weighted by Gasteiger charge is -2.17. The molecule has 0 atom stereocenters. The number of carbonyl (C=O) groups excluding carboxylic acids is 1. The van der Waals surface area contributed by atoms with Gasteiger partial charge in [-0.3, -0.25) is 9.69 Å². The van der Waals surface area contributed by atoms with Crippen LogP contribution in [-0.4, -0.2) is 10.9 Å². The Hall–Kier alpha value is -3.14. The summed E-state index contributed by atoms with van der Waals surface area (Å²) < 4.78 is 5.79. The molecule has 0 fully saturated rings. The van der Waals surface area contributed by atoms with Crippen molar-refractivity contribution in [2.24, 2.45) is 0 Å². The number of amides is 1. The van der Waals surface area contributed by atoms with E-state index in [1.54, 1.807) is 11.1 Å². The fourth-order valence-corrected chi connectivity index (χ4v) is 2.83. The lowest BCUT2D eigenvalue weighted by molar-refractivity contribution is -0.116. The van der Waals surface area contributed by atoms with Crippen LogP contribution in [0.15, 0.2) is 72.9 Å². The first kappa shape index (κ1) is 14.5. The highest BCUT2D eigenvalue weighted by molar-refractivity contribution is 6.06. The minimum atomic E-state index is 0.0432. The molecule has 118 valence electrons. The molecule has 0 bridgehead atoms. The number of fused-ring (bicyclic) bond motifs is 1. The van der Waals surface area contributed by atoms with Crippen LogP contribution < -0.4 is 9.64 Å². The first-order valence-electron chi connectivity index (χ1n) is 7.85. The number of pyridine rings is 1. The molecule has 0 N–H and O–H groups in total. The van der Waals surface area contributed by atoms with Crippen molar-refractivity contribution in [2.75, 3.05) is 4.90 Å². The van der Waals surface area contributed by atoms with E-state index in [4.69, 9.17) is 4.74 Å². The summed E-state index contributed by atoms with van der Waals surface area (Å²) in [5, 5.41) is 0. The largest absolute Gasteiger partial charge is 0.489 e. The number of rotatable bonds is 4. The maximum atomic E-state index is 12.3. The van der Waals surface area contributed by atoms with Crippen molar-refractivity contribution < 1.29 is 9.53 Å². The summed E-state index contributed by atoms with van der Waals surface area (Å²) in [6.07, 6.45) is 2.11. The second kappa shape index (κ2) is 6.16. The van der Waals surface area contributed by atoms with Crippen LogP contribution in [0.4, 0.5) is 11.5 Å². The van der Waals surface area contributed by atoms with Crippen molar-refractivity contribution in [2.45, 2.75) is 13.0 Å². The summed E-state index contributed by atoms with van der Waals surface area (Å²) in [5.41, 5.74) is 2.89. The summed E-state index contributed by atoms with van der Waals surface area (Å²) in [5.74, 6) is 1.54. The Morgan fingerprint density at radius 2 is 1.75 bits per heavy atom. The number of anilines is 2. The van der Waals surface area contributed by atoms with Gasteiger partial charge in [-0.15, -0.1) is 0 Å². The monoisotopic (exact) mass is 316 g/mol. The quantitative estimate of drug-likeness (QED) is 0.733. The first-order chi connectivity index (χ1) is 11.8. The zero-order chi connectivity index (χ0) is 16.4. The van der Waals surface area contributed by atoms with Crippen molar-refractivity contribution in [3.63, 3.8) is 0 Å². The molecule has 0 saturated carbocycles. The second-order valence-electron chi connectivity index (χ2n) is 5.66. The predicted octanol–water partition coefficient (Wildman–Crippen LogP) is 3.88. The molecule has 0 spiro atoms. The Kier molecular flexibility index (Phi) is 3.71. The van der Waals surface area contributed by atoms with Crippen LogP contribution in [0.2, 0.25) is 0 Å². The molecule has 0 aliphatic carbocycles. The van der Waals surface area contributed by atoms with Crippen LogP contribution in [-0.2, 0) is 17.8 Å². The van der Waals surface area contributed by atoms with E-state index in [0.717, 1.165) is 28.4 Å². The minimum absolute atomic E-state index is 0.0432. The number of hydrogen-bond donors (Lipinski definition) is 0. The molecule has 2 aromatic carbocycles. The highest BCUT2D eigenvalue weighted by Crippen LogP contribution is 2.34. The van der Waals surface area contributed by atoms with Gasteiger partial charge in [0.05, 0.1) is 12.1 Å². The zero-order valence-electron chi connectivity index (χ0n) is 13.1. The minimum Gasteiger partial charge on any atom is -0.489 e. The highest BCUT2D eigenvalue weighted by atomic mass is 16.5. The van der Waals surface area contributed by atoms with Crippen molar-refractivity contribution in [1.29, 1.82) is 0 Å². The first-order valence-corrected chi connectivity index (χ1v) is 7.85. The van der Waals surface area contributed by atoms with Gasteiger partial charge in [0.25, 0.3) is 0 Å². The van der Waals surface area contributed by atoms with Gasteiger partial charge < -0.3 is 4.74 Å². The number of hydrogen-bond acceptors (Lipinski definition) is 3. The van der Waals surface area contributed by atoms with E-state index in [2.05, 4.69) is 4.98 Å². The maximum absolute atomic E-state index is 12.3. The van der Waals surface area contributed by atoms with Crippen molar-refractivity contribution in [3.05, 3.63) is 84.1 Å². The van der Waals surface area contributed by atoms with Gasteiger partial charge in [0.15, 0.2) is 0 Å². The molecule has 4 heteroatoms. The Morgan fingerprint density at radius 3 is 2.54 bits per heavy atom. The third-order valence-electron chi connectivity index (χ3n) is 4.01. The van der Waals surface area contributed by atoms with Crippen molar-refractivity contribution in [3.8, 4) is 5.75 Å².